The molecule has 3 aromatic rings. The largest absolute Gasteiger partial charge is 0.361 e. The molecule has 0 saturated carbocycles. The average Bonchev–Trinajstić information content (AvgIpc) is 3.04. The summed E-state index contributed by atoms with van der Waals surface area (Å²) in [5.74, 6) is 0.0105. The first-order chi connectivity index (χ1) is 10.1. The number of aryl methyl sites for hydroxylation is 2. The molecule has 2 aromatic heterocycles. The lowest BCUT2D eigenvalue weighted by Crippen LogP contribution is -2.12. The van der Waals surface area contributed by atoms with E-state index in [1.807, 2.05) is 38.4 Å². The van der Waals surface area contributed by atoms with Gasteiger partial charge in [-0.15, -0.1) is 0 Å². The van der Waals surface area contributed by atoms with Crippen LogP contribution in [-0.2, 0) is 18.3 Å². The smallest absolute Gasteiger partial charge is 0.224 e. The number of aromatic nitrogens is 3. The SMILES string of the molecule is Cc1c(NC(=O)CCc2c[nH]c3ccccc23)cnn1C. The van der Waals surface area contributed by atoms with Crippen LogP contribution < -0.4 is 5.32 Å². The highest BCUT2D eigenvalue weighted by Crippen LogP contribution is 2.19. The maximum absolute atomic E-state index is 12.0. The Morgan fingerprint density at radius 2 is 2.19 bits per heavy atom. The number of H-pyrrole nitrogens is 1. The van der Waals surface area contributed by atoms with Gasteiger partial charge in [0, 0.05) is 30.6 Å². The van der Waals surface area contributed by atoms with E-state index in [2.05, 4.69) is 21.5 Å². The van der Waals surface area contributed by atoms with Gasteiger partial charge in [0.25, 0.3) is 0 Å². The number of fused-ring (bicyclic) bond motifs is 1. The number of carbonyl (C=O) groups excluding carboxylic acids is 1. The highest BCUT2D eigenvalue weighted by Gasteiger charge is 2.09. The molecule has 0 spiro atoms. The Bertz CT molecular complexity index is 785. The molecule has 21 heavy (non-hydrogen) atoms. The van der Waals surface area contributed by atoms with Crippen LogP contribution in [0.3, 0.4) is 0 Å². The number of aromatic amines is 1. The molecule has 0 fully saturated rings. The topological polar surface area (TPSA) is 62.7 Å². The lowest BCUT2D eigenvalue weighted by Gasteiger charge is -2.04. The van der Waals surface area contributed by atoms with E-state index in [9.17, 15) is 4.79 Å². The van der Waals surface area contributed by atoms with E-state index in [4.69, 9.17) is 0 Å². The van der Waals surface area contributed by atoms with Gasteiger partial charge in [-0.1, -0.05) is 18.2 Å². The number of nitrogens with zero attached hydrogens (tertiary/aromatic N) is 2. The normalized spacial score (nSPS) is 11.0. The Hall–Kier alpha value is -2.56. The molecule has 3 rings (SSSR count). The van der Waals surface area contributed by atoms with Crippen molar-refractivity contribution >= 4 is 22.5 Å². The van der Waals surface area contributed by atoms with Crippen molar-refractivity contribution in [2.45, 2.75) is 19.8 Å². The minimum Gasteiger partial charge on any atom is -0.361 e. The Morgan fingerprint density at radius 3 is 2.95 bits per heavy atom. The molecule has 1 aromatic carbocycles. The summed E-state index contributed by atoms with van der Waals surface area (Å²) in [7, 11) is 1.86. The van der Waals surface area contributed by atoms with E-state index in [-0.39, 0.29) is 5.91 Å². The van der Waals surface area contributed by atoms with Gasteiger partial charge < -0.3 is 10.3 Å². The van der Waals surface area contributed by atoms with Crippen LogP contribution in [0.15, 0.2) is 36.7 Å². The van der Waals surface area contributed by atoms with Crippen molar-refractivity contribution in [3.63, 3.8) is 0 Å². The number of para-hydroxylation sites is 1. The Balaban J connectivity index is 1.65. The Labute approximate surface area is 123 Å². The highest BCUT2D eigenvalue weighted by atomic mass is 16.1. The molecule has 0 atom stereocenters. The van der Waals surface area contributed by atoms with Crippen LogP contribution >= 0.6 is 0 Å². The fourth-order valence-electron chi connectivity index (χ4n) is 2.42. The van der Waals surface area contributed by atoms with Crippen LogP contribution in [0.1, 0.15) is 17.7 Å². The molecular weight excluding hydrogens is 264 g/mol. The van der Waals surface area contributed by atoms with E-state index in [1.165, 1.54) is 10.9 Å². The third-order valence-corrected chi connectivity index (χ3v) is 3.81. The molecule has 5 nitrogen and oxygen atoms in total. The standard InChI is InChI=1S/C16H18N4O/c1-11-15(10-18-20(11)2)19-16(21)8-7-12-9-17-14-6-4-3-5-13(12)14/h3-6,9-10,17H,7-8H2,1-2H3,(H,19,21). The minimum atomic E-state index is 0.0105. The number of benzene rings is 1. The summed E-state index contributed by atoms with van der Waals surface area (Å²) in [4.78, 5) is 15.3. The number of nitrogens with one attached hydrogen (secondary N) is 2. The van der Waals surface area contributed by atoms with Crippen LogP contribution in [-0.4, -0.2) is 20.7 Å². The zero-order valence-electron chi connectivity index (χ0n) is 12.2. The first-order valence-corrected chi connectivity index (χ1v) is 6.98. The minimum absolute atomic E-state index is 0.0105. The summed E-state index contributed by atoms with van der Waals surface area (Å²) in [6.07, 6.45) is 4.83. The first-order valence-electron chi connectivity index (χ1n) is 6.98. The summed E-state index contributed by atoms with van der Waals surface area (Å²) in [6.45, 7) is 1.93. The van der Waals surface area contributed by atoms with Gasteiger partial charge in [0.2, 0.25) is 5.91 Å². The van der Waals surface area contributed by atoms with Crippen molar-refractivity contribution in [2.75, 3.05) is 5.32 Å². The summed E-state index contributed by atoms with van der Waals surface area (Å²) < 4.78 is 1.75. The van der Waals surface area contributed by atoms with Gasteiger partial charge in [0.05, 0.1) is 17.6 Å². The lowest BCUT2D eigenvalue weighted by atomic mass is 10.1. The summed E-state index contributed by atoms with van der Waals surface area (Å²) in [5.41, 5.74) is 4.01. The number of amides is 1. The number of anilines is 1. The monoisotopic (exact) mass is 282 g/mol. The number of hydrogen-bond donors (Lipinski definition) is 2. The molecule has 0 aliphatic heterocycles. The highest BCUT2D eigenvalue weighted by molar-refractivity contribution is 5.92. The molecule has 0 bridgehead atoms. The third kappa shape index (κ3) is 2.67. The molecule has 0 aliphatic rings. The van der Waals surface area contributed by atoms with Crippen molar-refractivity contribution in [2.24, 2.45) is 7.05 Å². The van der Waals surface area contributed by atoms with Crippen LogP contribution in [0.25, 0.3) is 10.9 Å². The molecule has 0 unspecified atom stereocenters. The summed E-state index contributed by atoms with van der Waals surface area (Å²) in [5, 5.41) is 8.21. The molecule has 0 radical (unpaired) electrons. The predicted molar refractivity (Wildman–Crippen MR) is 83.2 cm³/mol. The van der Waals surface area contributed by atoms with Crippen LogP contribution in [0.2, 0.25) is 0 Å². The zero-order chi connectivity index (χ0) is 14.8. The average molecular weight is 282 g/mol. The second-order valence-corrected chi connectivity index (χ2v) is 5.17. The second kappa shape index (κ2) is 5.44. The second-order valence-electron chi connectivity index (χ2n) is 5.17. The van der Waals surface area contributed by atoms with Gasteiger partial charge in [0.1, 0.15) is 0 Å². The van der Waals surface area contributed by atoms with Crippen LogP contribution in [0, 0.1) is 6.92 Å². The van der Waals surface area contributed by atoms with Gasteiger partial charge in [-0.25, -0.2) is 0 Å². The maximum Gasteiger partial charge on any atom is 0.224 e. The molecule has 2 N–H and O–H groups in total. The van der Waals surface area contributed by atoms with E-state index in [1.54, 1.807) is 10.9 Å². The third-order valence-electron chi connectivity index (χ3n) is 3.81. The summed E-state index contributed by atoms with van der Waals surface area (Å²) >= 11 is 0. The van der Waals surface area contributed by atoms with Crippen molar-refractivity contribution in [1.29, 1.82) is 0 Å². The van der Waals surface area contributed by atoms with E-state index < -0.39 is 0 Å². The lowest BCUT2D eigenvalue weighted by molar-refractivity contribution is -0.116. The van der Waals surface area contributed by atoms with Crippen molar-refractivity contribution in [1.82, 2.24) is 14.8 Å². The zero-order valence-corrected chi connectivity index (χ0v) is 12.2. The summed E-state index contributed by atoms with van der Waals surface area (Å²) in [6, 6.07) is 8.13. The number of hydrogen-bond acceptors (Lipinski definition) is 2. The maximum atomic E-state index is 12.0. The van der Waals surface area contributed by atoms with Gasteiger partial charge >= 0.3 is 0 Å². The van der Waals surface area contributed by atoms with Crippen molar-refractivity contribution in [3.05, 3.63) is 47.9 Å². The molecular formula is C16H18N4O. The molecule has 2 heterocycles. The number of carbonyl (C=O) groups is 1. The molecule has 5 heteroatoms. The van der Waals surface area contributed by atoms with Crippen molar-refractivity contribution < 1.29 is 4.79 Å². The van der Waals surface area contributed by atoms with Gasteiger partial charge in [-0.2, -0.15) is 5.10 Å². The Morgan fingerprint density at radius 1 is 1.38 bits per heavy atom. The quantitative estimate of drug-likeness (QED) is 0.773. The molecule has 0 aliphatic carbocycles. The van der Waals surface area contributed by atoms with Crippen LogP contribution in [0.4, 0.5) is 5.69 Å². The molecule has 0 saturated heterocycles. The molecule has 1 amide bonds. The first kappa shape index (κ1) is 13.4. The fraction of sp³-hybridized carbons (Fsp3) is 0.250. The van der Waals surface area contributed by atoms with Gasteiger partial charge in [0.15, 0.2) is 0 Å². The Kier molecular flexibility index (Phi) is 3.48. The fourth-order valence-corrected chi connectivity index (χ4v) is 2.42. The molecule has 108 valence electrons. The predicted octanol–water partition coefficient (Wildman–Crippen LogP) is 2.78. The van der Waals surface area contributed by atoms with Gasteiger partial charge in [-0.3, -0.25) is 9.48 Å². The van der Waals surface area contributed by atoms with E-state index in [0.29, 0.717) is 6.42 Å². The van der Waals surface area contributed by atoms with E-state index in [0.717, 1.165) is 23.3 Å². The van der Waals surface area contributed by atoms with Crippen molar-refractivity contribution in [3.8, 4) is 0 Å². The van der Waals surface area contributed by atoms with Gasteiger partial charge in [-0.05, 0) is 25.0 Å². The van der Waals surface area contributed by atoms with E-state index >= 15 is 0 Å². The van der Waals surface area contributed by atoms with Crippen LogP contribution in [0.5, 0.6) is 0 Å². The number of rotatable bonds is 4.